The van der Waals surface area contributed by atoms with Crippen molar-refractivity contribution in [1.29, 1.82) is 0 Å². The van der Waals surface area contributed by atoms with E-state index in [1.54, 1.807) is 11.8 Å². The van der Waals surface area contributed by atoms with Gasteiger partial charge in [0.15, 0.2) is 5.82 Å². The third-order valence-corrected chi connectivity index (χ3v) is 4.31. The predicted molar refractivity (Wildman–Crippen MR) is 77.7 cm³/mol. The maximum Gasteiger partial charge on any atom is 0.228 e. The number of hydrogen-bond donors (Lipinski definition) is 1. The lowest BCUT2D eigenvalue weighted by Gasteiger charge is -2.15. The van der Waals surface area contributed by atoms with Crippen LogP contribution in [0.15, 0.2) is 35.2 Å². The number of aromatic hydroxyl groups is 1. The van der Waals surface area contributed by atoms with Gasteiger partial charge in [-0.3, -0.25) is 0 Å². The summed E-state index contributed by atoms with van der Waals surface area (Å²) in [7, 11) is 0. The van der Waals surface area contributed by atoms with Gasteiger partial charge in [-0.25, -0.2) is 4.98 Å². The summed E-state index contributed by atoms with van der Waals surface area (Å²) in [4.78, 5) is 9.44. The average molecular weight is 288 g/mol. The van der Waals surface area contributed by atoms with Gasteiger partial charge in [-0.15, -0.1) is 11.8 Å². The van der Waals surface area contributed by atoms with E-state index >= 15 is 0 Å². The largest absolute Gasteiger partial charge is 0.492 e. The molecule has 1 aliphatic heterocycles. The fraction of sp³-hybridized carbons (Fsp3) is 0.333. The number of aromatic nitrogens is 2. The Bertz CT molecular complexity index is 590. The third kappa shape index (κ3) is 3.11. The minimum Gasteiger partial charge on any atom is -0.492 e. The van der Waals surface area contributed by atoms with Gasteiger partial charge >= 0.3 is 0 Å². The molecule has 0 amide bonds. The lowest BCUT2D eigenvalue weighted by molar-refractivity contribution is 0.101. The second-order valence-corrected chi connectivity index (χ2v) is 5.77. The number of aryl methyl sites for hydroxylation is 1. The zero-order valence-corrected chi connectivity index (χ0v) is 11.9. The summed E-state index contributed by atoms with van der Waals surface area (Å²) in [5.41, 5.74) is 2.07. The van der Waals surface area contributed by atoms with E-state index in [-0.39, 0.29) is 5.88 Å². The summed E-state index contributed by atoms with van der Waals surface area (Å²) in [6, 6.07) is 9.98. The monoisotopic (exact) mass is 288 g/mol. The molecule has 0 spiro atoms. The average Bonchev–Trinajstić information content (AvgIpc) is 2.48. The third-order valence-electron chi connectivity index (χ3n) is 3.11. The van der Waals surface area contributed by atoms with Gasteiger partial charge in [0.05, 0.1) is 17.2 Å². The van der Waals surface area contributed by atoms with Gasteiger partial charge in [-0.2, -0.15) is 4.98 Å². The number of thioether (sulfide) groups is 1. The van der Waals surface area contributed by atoms with Gasteiger partial charge in [0.1, 0.15) is 6.61 Å². The molecule has 20 heavy (non-hydrogen) atoms. The molecule has 104 valence electrons. The van der Waals surface area contributed by atoms with Gasteiger partial charge in [-0.1, -0.05) is 30.3 Å². The van der Waals surface area contributed by atoms with Crippen LogP contribution in [0.1, 0.15) is 23.5 Å². The number of hydrogen-bond acceptors (Lipinski definition) is 5. The molecule has 1 aromatic heterocycles. The summed E-state index contributed by atoms with van der Waals surface area (Å²) < 4.78 is 5.61. The van der Waals surface area contributed by atoms with Crippen LogP contribution in [-0.2, 0) is 24.4 Å². The van der Waals surface area contributed by atoms with E-state index < -0.39 is 0 Å². The van der Waals surface area contributed by atoms with Gasteiger partial charge in [-0.05, 0) is 24.2 Å². The highest BCUT2D eigenvalue weighted by atomic mass is 32.2. The van der Waals surface area contributed by atoms with E-state index in [0.29, 0.717) is 19.0 Å². The predicted octanol–water partition coefficient (Wildman–Crippen LogP) is 2.94. The molecule has 0 saturated carbocycles. The number of ether oxygens (including phenoxy) is 1. The molecule has 0 aliphatic carbocycles. The summed E-state index contributed by atoms with van der Waals surface area (Å²) in [5, 5.41) is 9.93. The molecular weight excluding hydrogens is 272 g/mol. The molecule has 0 bridgehead atoms. The zero-order valence-electron chi connectivity index (χ0n) is 11.1. The summed E-state index contributed by atoms with van der Waals surface area (Å²) in [6.45, 7) is 0.844. The maximum absolute atomic E-state index is 9.93. The quantitative estimate of drug-likeness (QED) is 0.937. The highest BCUT2D eigenvalue weighted by molar-refractivity contribution is 7.99. The summed E-state index contributed by atoms with van der Waals surface area (Å²) in [5.74, 6) is 1.67. The van der Waals surface area contributed by atoms with Crippen molar-refractivity contribution in [3.05, 3.63) is 47.4 Å². The Hall–Kier alpha value is -1.59. The van der Waals surface area contributed by atoms with Gasteiger partial charge < -0.3 is 9.84 Å². The SMILES string of the molecule is Oc1nc(COCc2ccccc2)nc2c1SCCC2. The number of benzene rings is 1. The van der Waals surface area contributed by atoms with Crippen LogP contribution < -0.4 is 0 Å². The van der Waals surface area contributed by atoms with Crippen molar-refractivity contribution in [3.8, 4) is 5.88 Å². The topological polar surface area (TPSA) is 55.2 Å². The Kier molecular flexibility index (Phi) is 4.18. The fourth-order valence-corrected chi connectivity index (χ4v) is 3.15. The molecule has 2 heterocycles. The first-order valence-electron chi connectivity index (χ1n) is 6.66. The van der Waals surface area contributed by atoms with Crippen molar-refractivity contribution in [2.75, 3.05) is 5.75 Å². The highest BCUT2D eigenvalue weighted by Crippen LogP contribution is 2.34. The van der Waals surface area contributed by atoms with Gasteiger partial charge in [0, 0.05) is 0 Å². The van der Waals surface area contributed by atoms with Crippen LogP contribution in [0.3, 0.4) is 0 Å². The summed E-state index contributed by atoms with van der Waals surface area (Å²) in [6.07, 6.45) is 2.00. The second kappa shape index (κ2) is 6.24. The standard InChI is InChI=1S/C15H16N2O2S/c18-15-14-12(7-4-8-20-14)16-13(17-15)10-19-9-11-5-2-1-3-6-11/h1-3,5-6H,4,7-10H2,(H,16,17,18). The fourth-order valence-electron chi connectivity index (χ4n) is 2.16. The molecule has 1 aliphatic rings. The van der Waals surface area contributed by atoms with Crippen molar-refractivity contribution < 1.29 is 9.84 Å². The van der Waals surface area contributed by atoms with E-state index in [4.69, 9.17) is 4.74 Å². The molecule has 0 unspecified atom stereocenters. The first kappa shape index (κ1) is 13.4. The Morgan fingerprint density at radius 1 is 1.15 bits per heavy atom. The molecule has 1 aromatic carbocycles. The van der Waals surface area contributed by atoms with E-state index in [1.807, 2.05) is 30.3 Å². The zero-order chi connectivity index (χ0) is 13.8. The van der Waals surface area contributed by atoms with Crippen molar-refractivity contribution in [2.45, 2.75) is 31.0 Å². The van der Waals surface area contributed by atoms with Crippen molar-refractivity contribution in [1.82, 2.24) is 9.97 Å². The highest BCUT2D eigenvalue weighted by Gasteiger charge is 2.17. The minimum atomic E-state index is 0.0954. The van der Waals surface area contributed by atoms with Crippen LogP contribution in [0.5, 0.6) is 5.88 Å². The Morgan fingerprint density at radius 3 is 2.85 bits per heavy atom. The van der Waals surface area contributed by atoms with Crippen LogP contribution in [0.4, 0.5) is 0 Å². The number of fused-ring (bicyclic) bond motifs is 1. The number of rotatable bonds is 4. The number of nitrogens with zero attached hydrogens (tertiary/aromatic N) is 2. The maximum atomic E-state index is 9.93. The van der Waals surface area contributed by atoms with Crippen LogP contribution in [0.2, 0.25) is 0 Å². The molecule has 0 saturated heterocycles. The smallest absolute Gasteiger partial charge is 0.228 e. The van der Waals surface area contributed by atoms with E-state index in [9.17, 15) is 5.11 Å². The molecule has 1 N–H and O–H groups in total. The lowest BCUT2D eigenvalue weighted by atomic mass is 10.2. The molecular formula is C15H16N2O2S. The van der Waals surface area contributed by atoms with Crippen molar-refractivity contribution in [2.24, 2.45) is 0 Å². The Labute approximate surface area is 122 Å². The van der Waals surface area contributed by atoms with E-state index in [0.717, 1.165) is 34.7 Å². The Morgan fingerprint density at radius 2 is 2.00 bits per heavy atom. The van der Waals surface area contributed by atoms with E-state index in [1.165, 1.54) is 0 Å². The van der Waals surface area contributed by atoms with Crippen LogP contribution in [0.25, 0.3) is 0 Å². The molecule has 4 nitrogen and oxygen atoms in total. The molecule has 0 radical (unpaired) electrons. The molecule has 3 rings (SSSR count). The van der Waals surface area contributed by atoms with Gasteiger partial charge in [0.25, 0.3) is 0 Å². The van der Waals surface area contributed by atoms with Crippen LogP contribution in [-0.4, -0.2) is 20.8 Å². The van der Waals surface area contributed by atoms with Crippen LogP contribution >= 0.6 is 11.8 Å². The van der Waals surface area contributed by atoms with Crippen LogP contribution in [0, 0.1) is 0 Å². The second-order valence-electron chi connectivity index (χ2n) is 4.67. The van der Waals surface area contributed by atoms with Gasteiger partial charge in [0.2, 0.25) is 5.88 Å². The van der Waals surface area contributed by atoms with Crippen molar-refractivity contribution >= 4 is 11.8 Å². The van der Waals surface area contributed by atoms with Crippen molar-refractivity contribution in [3.63, 3.8) is 0 Å². The summed E-state index contributed by atoms with van der Waals surface area (Å²) >= 11 is 1.63. The first-order valence-corrected chi connectivity index (χ1v) is 7.65. The molecule has 0 atom stereocenters. The molecule has 2 aromatic rings. The normalized spacial score (nSPS) is 14.0. The Balaban J connectivity index is 1.64. The first-order chi connectivity index (χ1) is 9.83. The minimum absolute atomic E-state index is 0.0954. The lowest BCUT2D eigenvalue weighted by Crippen LogP contribution is -2.08. The molecule has 5 heteroatoms. The molecule has 0 fully saturated rings. The van der Waals surface area contributed by atoms with E-state index in [2.05, 4.69) is 9.97 Å².